The minimum absolute atomic E-state index is 0.0707. The van der Waals surface area contributed by atoms with E-state index < -0.39 is 0 Å². The molecule has 3 aromatic carbocycles. The van der Waals surface area contributed by atoms with Gasteiger partial charge in [0.2, 0.25) is 0 Å². The highest BCUT2D eigenvalue weighted by Crippen LogP contribution is 2.41. The fraction of sp³-hybridized carbons (Fsp3) is 0.269. The van der Waals surface area contributed by atoms with Gasteiger partial charge in [-0.05, 0) is 60.4 Å². The van der Waals surface area contributed by atoms with Gasteiger partial charge in [0.25, 0.3) is 0 Å². The Balaban J connectivity index is 1.47. The summed E-state index contributed by atoms with van der Waals surface area (Å²) in [5, 5.41) is 2.98. The number of hydrogen-bond acceptors (Lipinski definition) is 4. The van der Waals surface area contributed by atoms with Gasteiger partial charge >= 0.3 is 6.03 Å². The number of benzene rings is 3. The van der Waals surface area contributed by atoms with Crippen LogP contribution in [0.2, 0.25) is 0 Å². The first-order valence-corrected chi connectivity index (χ1v) is 11.7. The lowest BCUT2D eigenvalue weighted by Gasteiger charge is -2.25. The van der Waals surface area contributed by atoms with Crippen molar-refractivity contribution in [1.82, 2.24) is 4.90 Å². The standard InChI is InChI=1S/C26H28N2O3S/c1-18-9-11-22(15-19(18)2)27-26(29)28-13-14-32-25(28)21-10-12-23(24(16-21)30-3)31-17-20-7-5-4-6-8-20/h4-12,15-16,25H,13-14,17H2,1-3H3,(H,27,29). The lowest BCUT2D eigenvalue weighted by atomic mass is 10.1. The van der Waals surface area contributed by atoms with Gasteiger partial charge in [-0.3, -0.25) is 0 Å². The molecule has 2 amide bonds. The van der Waals surface area contributed by atoms with Gasteiger partial charge in [0.15, 0.2) is 11.5 Å². The molecular formula is C26H28N2O3S. The van der Waals surface area contributed by atoms with E-state index in [0.29, 0.717) is 24.7 Å². The fourth-order valence-electron chi connectivity index (χ4n) is 3.66. The van der Waals surface area contributed by atoms with Crippen LogP contribution in [0.5, 0.6) is 11.5 Å². The Labute approximate surface area is 193 Å². The third-order valence-electron chi connectivity index (χ3n) is 5.62. The van der Waals surface area contributed by atoms with Crippen LogP contribution in [-0.4, -0.2) is 30.3 Å². The van der Waals surface area contributed by atoms with Crippen molar-refractivity contribution in [1.29, 1.82) is 0 Å². The molecule has 4 rings (SSSR count). The number of ether oxygens (including phenoxy) is 2. The molecule has 1 heterocycles. The van der Waals surface area contributed by atoms with Crippen LogP contribution in [0.4, 0.5) is 10.5 Å². The van der Waals surface area contributed by atoms with Crippen molar-refractivity contribution in [2.45, 2.75) is 25.8 Å². The van der Waals surface area contributed by atoms with Gasteiger partial charge in [0.05, 0.1) is 7.11 Å². The number of carbonyl (C=O) groups is 1. The average Bonchev–Trinajstić information content (AvgIpc) is 3.31. The first kappa shape index (κ1) is 22.1. The second kappa shape index (κ2) is 10.0. The Morgan fingerprint density at radius 2 is 1.84 bits per heavy atom. The molecule has 6 heteroatoms. The molecule has 1 saturated heterocycles. The van der Waals surface area contributed by atoms with Crippen molar-refractivity contribution >= 4 is 23.5 Å². The zero-order valence-corrected chi connectivity index (χ0v) is 19.4. The van der Waals surface area contributed by atoms with Crippen LogP contribution in [0.1, 0.15) is 27.6 Å². The summed E-state index contributed by atoms with van der Waals surface area (Å²) in [6.45, 7) is 5.28. The molecule has 166 valence electrons. The summed E-state index contributed by atoms with van der Waals surface area (Å²) in [6.07, 6.45) is 0. The molecule has 0 spiro atoms. The lowest BCUT2D eigenvalue weighted by molar-refractivity contribution is 0.214. The quantitative estimate of drug-likeness (QED) is 0.490. The van der Waals surface area contributed by atoms with Crippen LogP contribution in [0.15, 0.2) is 66.7 Å². The zero-order chi connectivity index (χ0) is 22.5. The highest BCUT2D eigenvalue weighted by molar-refractivity contribution is 7.99. The molecule has 0 saturated carbocycles. The average molecular weight is 449 g/mol. The third-order valence-corrected chi connectivity index (χ3v) is 6.88. The zero-order valence-electron chi connectivity index (χ0n) is 18.6. The van der Waals surface area contributed by atoms with Crippen LogP contribution in [0.3, 0.4) is 0 Å². The van der Waals surface area contributed by atoms with E-state index in [0.717, 1.165) is 28.1 Å². The van der Waals surface area contributed by atoms with E-state index in [1.54, 1.807) is 18.9 Å². The predicted octanol–water partition coefficient (Wildman–Crippen LogP) is 6.17. The van der Waals surface area contributed by atoms with Crippen molar-refractivity contribution in [2.24, 2.45) is 0 Å². The third kappa shape index (κ3) is 5.02. The smallest absolute Gasteiger partial charge is 0.323 e. The van der Waals surface area contributed by atoms with E-state index in [9.17, 15) is 4.79 Å². The molecule has 0 radical (unpaired) electrons. The summed E-state index contributed by atoms with van der Waals surface area (Å²) in [7, 11) is 1.64. The minimum Gasteiger partial charge on any atom is -0.493 e. The second-order valence-corrected chi connectivity index (χ2v) is 9.02. The Bertz CT molecular complexity index is 1090. The van der Waals surface area contributed by atoms with E-state index in [2.05, 4.69) is 12.2 Å². The van der Waals surface area contributed by atoms with Gasteiger partial charge in [0, 0.05) is 18.0 Å². The number of nitrogens with one attached hydrogen (secondary N) is 1. The molecule has 1 N–H and O–H groups in total. The van der Waals surface area contributed by atoms with Gasteiger partial charge in [-0.15, -0.1) is 11.8 Å². The molecule has 1 aliphatic rings. The molecule has 0 aliphatic carbocycles. The number of hydrogen-bond donors (Lipinski definition) is 1. The maximum atomic E-state index is 13.0. The van der Waals surface area contributed by atoms with Crippen molar-refractivity contribution < 1.29 is 14.3 Å². The predicted molar refractivity (Wildman–Crippen MR) is 131 cm³/mol. The Morgan fingerprint density at radius 3 is 2.59 bits per heavy atom. The number of urea groups is 1. The van der Waals surface area contributed by atoms with Gasteiger partial charge in [0.1, 0.15) is 12.0 Å². The summed E-state index contributed by atoms with van der Waals surface area (Å²) in [4.78, 5) is 14.9. The highest BCUT2D eigenvalue weighted by Gasteiger charge is 2.31. The molecule has 32 heavy (non-hydrogen) atoms. The van der Waals surface area contributed by atoms with Gasteiger partial charge in [-0.1, -0.05) is 42.5 Å². The number of thioether (sulfide) groups is 1. The summed E-state index contributed by atoms with van der Waals surface area (Å²) < 4.78 is 11.6. The maximum absolute atomic E-state index is 13.0. The first-order valence-electron chi connectivity index (χ1n) is 10.7. The van der Waals surface area contributed by atoms with Crippen molar-refractivity contribution in [2.75, 3.05) is 24.7 Å². The SMILES string of the molecule is COc1cc(C2SCCN2C(=O)Nc2ccc(C)c(C)c2)ccc1OCc1ccccc1. The number of methoxy groups -OCH3 is 1. The van der Waals surface area contributed by atoms with Crippen LogP contribution in [-0.2, 0) is 6.61 Å². The highest BCUT2D eigenvalue weighted by atomic mass is 32.2. The number of rotatable bonds is 6. The van der Waals surface area contributed by atoms with Crippen LogP contribution in [0, 0.1) is 13.8 Å². The normalized spacial score (nSPS) is 15.5. The van der Waals surface area contributed by atoms with Gasteiger partial charge in [-0.2, -0.15) is 0 Å². The maximum Gasteiger partial charge on any atom is 0.323 e. The van der Waals surface area contributed by atoms with E-state index in [4.69, 9.17) is 9.47 Å². The first-order chi connectivity index (χ1) is 15.5. The van der Waals surface area contributed by atoms with Crippen molar-refractivity contribution in [3.05, 3.63) is 89.0 Å². The number of nitrogens with zero attached hydrogens (tertiary/aromatic N) is 1. The topological polar surface area (TPSA) is 50.8 Å². The fourth-order valence-corrected chi connectivity index (χ4v) is 4.91. The number of anilines is 1. The van der Waals surface area contributed by atoms with E-state index in [-0.39, 0.29) is 11.4 Å². The van der Waals surface area contributed by atoms with Gasteiger partial charge < -0.3 is 19.7 Å². The van der Waals surface area contributed by atoms with Crippen LogP contribution < -0.4 is 14.8 Å². The molecule has 1 unspecified atom stereocenters. The summed E-state index contributed by atoms with van der Waals surface area (Å²) in [6, 6.07) is 21.8. The molecule has 1 fully saturated rings. The number of amides is 2. The second-order valence-electron chi connectivity index (χ2n) is 7.83. The monoisotopic (exact) mass is 448 g/mol. The molecule has 1 aliphatic heterocycles. The molecule has 0 aromatic heterocycles. The van der Waals surface area contributed by atoms with E-state index in [1.807, 2.05) is 78.6 Å². The molecule has 0 bridgehead atoms. The Kier molecular flexibility index (Phi) is 6.90. The molecule has 5 nitrogen and oxygen atoms in total. The van der Waals surface area contributed by atoms with Crippen LogP contribution in [0.25, 0.3) is 0 Å². The van der Waals surface area contributed by atoms with Crippen LogP contribution >= 0.6 is 11.8 Å². The largest absolute Gasteiger partial charge is 0.493 e. The molecular weight excluding hydrogens is 420 g/mol. The number of carbonyl (C=O) groups excluding carboxylic acids is 1. The van der Waals surface area contributed by atoms with Crippen molar-refractivity contribution in [3.63, 3.8) is 0 Å². The van der Waals surface area contributed by atoms with Gasteiger partial charge in [-0.25, -0.2) is 4.79 Å². The summed E-state index contributed by atoms with van der Waals surface area (Å²) >= 11 is 1.75. The van der Waals surface area contributed by atoms with E-state index in [1.165, 1.54) is 5.56 Å². The Hall–Kier alpha value is -3.12. The molecule has 1 atom stereocenters. The number of aryl methyl sites for hydroxylation is 2. The summed E-state index contributed by atoms with van der Waals surface area (Å²) in [5.74, 6) is 2.24. The summed E-state index contributed by atoms with van der Waals surface area (Å²) in [5.41, 5.74) is 5.30. The molecule has 3 aromatic rings. The van der Waals surface area contributed by atoms with Crippen molar-refractivity contribution in [3.8, 4) is 11.5 Å². The minimum atomic E-state index is -0.0911. The van der Waals surface area contributed by atoms with E-state index >= 15 is 0 Å². The lowest BCUT2D eigenvalue weighted by Crippen LogP contribution is -2.34. The Morgan fingerprint density at radius 1 is 1.03 bits per heavy atom.